The summed E-state index contributed by atoms with van der Waals surface area (Å²) in [4.78, 5) is 27.8. The number of carbonyl (C=O) groups is 2. The molecule has 152 valence electrons. The van der Waals surface area contributed by atoms with E-state index in [-0.39, 0.29) is 30.3 Å². The van der Waals surface area contributed by atoms with E-state index in [4.69, 9.17) is 5.11 Å². The number of nitrogens with zero attached hydrogens (tertiary/aromatic N) is 2. The number of benzene rings is 1. The van der Waals surface area contributed by atoms with Crippen LogP contribution in [0.2, 0.25) is 0 Å². The van der Waals surface area contributed by atoms with Gasteiger partial charge in [-0.3, -0.25) is 5.32 Å². The summed E-state index contributed by atoms with van der Waals surface area (Å²) < 4.78 is 0. The number of rotatable bonds is 3. The summed E-state index contributed by atoms with van der Waals surface area (Å²) in [5, 5.41) is 24.3. The molecule has 4 rings (SSSR count). The number of anilines is 2. The Bertz CT molecular complexity index is 711. The van der Waals surface area contributed by atoms with E-state index in [0.29, 0.717) is 18.5 Å². The van der Waals surface area contributed by atoms with E-state index in [0.717, 1.165) is 44.5 Å². The quantitative estimate of drug-likeness (QED) is 0.637. The van der Waals surface area contributed by atoms with Crippen LogP contribution in [-0.4, -0.2) is 64.6 Å². The van der Waals surface area contributed by atoms with Gasteiger partial charge in [-0.15, -0.1) is 0 Å². The van der Waals surface area contributed by atoms with Crippen molar-refractivity contribution in [1.82, 2.24) is 10.2 Å². The fourth-order valence-electron chi connectivity index (χ4n) is 4.94. The zero-order valence-electron chi connectivity index (χ0n) is 15.9. The van der Waals surface area contributed by atoms with Crippen LogP contribution in [0, 0.1) is 0 Å². The van der Waals surface area contributed by atoms with Gasteiger partial charge in [0.2, 0.25) is 0 Å². The van der Waals surface area contributed by atoms with Gasteiger partial charge in [0.15, 0.2) is 0 Å². The standard InChI is InChI=1S/C20H28N4O4/c25-18-10-16-7-8-17(11-18)24(16)19(26)21-14-2-1-9-23(12-14)15-5-3-13(4-6-15)22-20(27)28/h3-6,14,16-18,22,25H,1-2,7-12H2,(H,21,26)(H,27,28)/t14-,16?,17?,18?/m0/s1. The number of fused-ring (bicyclic) bond motifs is 2. The number of amides is 3. The number of carboxylic acid groups (broad SMARTS) is 1. The minimum atomic E-state index is -1.08. The number of aliphatic hydroxyl groups excluding tert-OH is 1. The van der Waals surface area contributed by atoms with Crippen molar-refractivity contribution in [3.05, 3.63) is 24.3 Å². The van der Waals surface area contributed by atoms with Crippen LogP contribution in [0.25, 0.3) is 0 Å². The minimum absolute atomic E-state index is 0.00672. The predicted molar refractivity (Wildman–Crippen MR) is 106 cm³/mol. The smallest absolute Gasteiger partial charge is 0.409 e. The molecule has 0 spiro atoms. The fraction of sp³-hybridized carbons (Fsp3) is 0.600. The first-order valence-corrected chi connectivity index (χ1v) is 10.1. The van der Waals surface area contributed by atoms with Gasteiger partial charge in [-0.25, -0.2) is 9.59 Å². The molecular weight excluding hydrogens is 360 g/mol. The Hall–Kier alpha value is -2.48. The van der Waals surface area contributed by atoms with Crippen molar-refractivity contribution >= 4 is 23.5 Å². The Morgan fingerprint density at radius 2 is 1.71 bits per heavy atom. The van der Waals surface area contributed by atoms with Crippen molar-refractivity contribution < 1.29 is 19.8 Å². The van der Waals surface area contributed by atoms with Crippen molar-refractivity contribution in [2.45, 2.75) is 62.8 Å². The van der Waals surface area contributed by atoms with Gasteiger partial charge >= 0.3 is 12.1 Å². The first-order chi connectivity index (χ1) is 13.5. The van der Waals surface area contributed by atoms with Crippen LogP contribution in [0.1, 0.15) is 38.5 Å². The normalized spacial score (nSPS) is 29.5. The zero-order chi connectivity index (χ0) is 19.7. The maximum Gasteiger partial charge on any atom is 0.409 e. The van der Waals surface area contributed by atoms with Gasteiger partial charge in [-0.2, -0.15) is 0 Å². The van der Waals surface area contributed by atoms with Crippen LogP contribution in [0.5, 0.6) is 0 Å². The van der Waals surface area contributed by atoms with Crippen molar-refractivity contribution in [1.29, 1.82) is 0 Å². The molecule has 1 aromatic carbocycles. The average molecular weight is 388 g/mol. The molecule has 2 bridgehead atoms. The van der Waals surface area contributed by atoms with Gasteiger partial charge in [0.25, 0.3) is 0 Å². The number of carbonyl (C=O) groups excluding carboxylic acids is 1. The third kappa shape index (κ3) is 4.01. The average Bonchev–Trinajstić information content (AvgIpc) is 2.94. The first-order valence-electron chi connectivity index (χ1n) is 10.1. The zero-order valence-corrected chi connectivity index (χ0v) is 15.9. The number of hydrogen-bond donors (Lipinski definition) is 4. The molecule has 0 saturated carbocycles. The summed E-state index contributed by atoms with van der Waals surface area (Å²) in [7, 11) is 0. The van der Waals surface area contributed by atoms with Gasteiger partial charge in [0.1, 0.15) is 0 Å². The van der Waals surface area contributed by atoms with Crippen molar-refractivity contribution in [3.63, 3.8) is 0 Å². The Kier molecular flexibility index (Phi) is 5.30. The molecule has 3 fully saturated rings. The number of hydrogen-bond acceptors (Lipinski definition) is 4. The summed E-state index contributed by atoms with van der Waals surface area (Å²) in [6.45, 7) is 1.66. The van der Waals surface area contributed by atoms with Crippen LogP contribution >= 0.6 is 0 Å². The number of aliphatic hydroxyl groups is 1. The highest BCUT2D eigenvalue weighted by molar-refractivity contribution is 5.83. The maximum atomic E-state index is 12.9. The maximum absolute atomic E-state index is 12.9. The second-order valence-electron chi connectivity index (χ2n) is 8.13. The molecule has 1 aromatic rings. The van der Waals surface area contributed by atoms with E-state index in [1.807, 2.05) is 17.0 Å². The molecule has 0 aromatic heterocycles. The van der Waals surface area contributed by atoms with E-state index in [1.165, 1.54) is 0 Å². The van der Waals surface area contributed by atoms with Crippen LogP contribution in [0.3, 0.4) is 0 Å². The van der Waals surface area contributed by atoms with E-state index < -0.39 is 6.09 Å². The SMILES string of the molecule is O=C(O)Nc1ccc(N2CCC[C@H](NC(=O)N3C4CCC3CC(O)C4)C2)cc1. The van der Waals surface area contributed by atoms with E-state index in [2.05, 4.69) is 15.5 Å². The monoisotopic (exact) mass is 388 g/mol. The Morgan fingerprint density at radius 1 is 1.04 bits per heavy atom. The number of nitrogens with one attached hydrogen (secondary N) is 2. The Labute approximate surface area is 164 Å². The van der Waals surface area contributed by atoms with Crippen molar-refractivity contribution in [2.24, 2.45) is 0 Å². The fourth-order valence-corrected chi connectivity index (χ4v) is 4.94. The summed E-state index contributed by atoms with van der Waals surface area (Å²) in [6.07, 6.45) is 3.96. The lowest BCUT2D eigenvalue weighted by Gasteiger charge is -2.40. The Morgan fingerprint density at radius 3 is 2.36 bits per heavy atom. The molecule has 3 atom stereocenters. The topological polar surface area (TPSA) is 105 Å². The number of piperidine rings is 2. The van der Waals surface area contributed by atoms with Crippen LogP contribution in [-0.2, 0) is 0 Å². The van der Waals surface area contributed by atoms with E-state index >= 15 is 0 Å². The second kappa shape index (κ2) is 7.87. The van der Waals surface area contributed by atoms with Gasteiger partial charge in [0.05, 0.1) is 6.10 Å². The van der Waals surface area contributed by atoms with Gasteiger partial charge in [-0.05, 0) is 62.8 Å². The molecule has 3 heterocycles. The molecule has 0 radical (unpaired) electrons. The van der Waals surface area contributed by atoms with Crippen LogP contribution < -0.4 is 15.5 Å². The highest BCUT2D eigenvalue weighted by atomic mass is 16.4. The molecule has 28 heavy (non-hydrogen) atoms. The van der Waals surface area contributed by atoms with E-state index in [9.17, 15) is 14.7 Å². The second-order valence-corrected chi connectivity index (χ2v) is 8.13. The molecule has 0 aliphatic carbocycles. The largest absolute Gasteiger partial charge is 0.465 e. The summed E-state index contributed by atoms with van der Waals surface area (Å²) in [5.74, 6) is 0. The highest BCUT2D eigenvalue weighted by Gasteiger charge is 2.43. The van der Waals surface area contributed by atoms with Crippen LogP contribution in [0.4, 0.5) is 21.0 Å². The number of urea groups is 1. The van der Waals surface area contributed by atoms with E-state index in [1.54, 1.807) is 12.1 Å². The third-order valence-electron chi connectivity index (χ3n) is 6.18. The molecule has 3 aliphatic rings. The van der Waals surface area contributed by atoms with Gasteiger partial charge in [0, 0.05) is 42.6 Å². The molecular formula is C20H28N4O4. The molecule has 3 aliphatic heterocycles. The molecule has 3 saturated heterocycles. The van der Waals surface area contributed by atoms with Gasteiger partial charge in [-0.1, -0.05) is 0 Å². The first kappa shape index (κ1) is 18.9. The lowest BCUT2D eigenvalue weighted by molar-refractivity contribution is 0.0533. The molecule has 3 amide bonds. The molecule has 8 nitrogen and oxygen atoms in total. The molecule has 4 N–H and O–H groups in total. The summed E-state index contributed by atoms with van der Waals surface area (Å²) >= 11 is 0. The summed E-state index contributed by atoms with van der Waals surface area (Å²) in [5.41, 5.74) is 1.57. The lowest BCUT2D eigenvalue weighted by atomic mass is 10.00. The highest BCUT2D eigenvalue weighted by Crippen LogP contribution is 2.35. The van der Waals surface area contributed by atoms with Crippen molar-refractivity contribution in [3.8, 4) is 0 Å². The predicted octanol–water partition coefficient (Wildman–Crippen LogP) is 2.44. The third-order valence-corrected chi connectivity index (χ3v) is 6.18. The van der Waals surface area contributed by atoms with Crippen LogP contribution in [0.15, 0.2) is 24.3 Å². The van der Waals surface area contributed by atoms with Gasteiger partial charge < -0.3 is 25.3 Å². The molecule has 8 heteroatoms. The Balaban J connectivity index is 1.35. The summed E-state index contributed by atoms with van der Waals surface area (Å²) in [6, 6.07) is 7.75. The van der Waals surface area contributed by atoms with Crippen molar-refractivity contribution in [2.75, 3.05) is 23.3 Å². The molecule has 2 unspecified atom stereocenters. The minimum Gasteiger partial charge on any atom is -0.465 e. The lowest BCUT2D eigenvalue weighted by Crippen LogP contribution is -2.56.